The van der Waals surface area contributed by atoms with Crippen LogP contribution < -0.4 is 4.90 Å². The number of carbonyl (C=O) groups excluding carboxylic acids is 1. The van der Waals surface area contributed by atoms with Crippen LogP contribution in [0.25, 0.3) is 11.1 Å². The molecule has 1 heterocycles. The molecule has 28 heavy (non-hydrogen) atoms. The minimum atomic E-state index is -4.56. The second kappa shape index (κ2) is 7.93. The maximum atomic E-state index is 13.1. The van der Waals surface area contributed by atoms with Crippen LogP contribution in [0.4, 0.5) is 18.9 Å². The van der Waals surface area contributed by atoms with Crippen LogP contribution in [0.2, 0.25) is 5.02 Å². The maximum absolute atomic E-state index is 13.1. The molecule has 0 spiro atoms. The van der Waals surface area contributed by atoms with E-state index in [0.29, 0.717) is 21.8 Å². The van der Waals surface area contributed by atoms with Crippen molar-refractivity contribution < 1.29 is 18.0 Å². The highest BCUT2D eigenvalue weighted by atomic mass is 79.9. The highest BCUT2D eigenvalue weighted by molar-refractivity contribution is 9.10. The summed E-state index contributed by atoms with van der Waals surface area (Å²) in [5.74, 6) is -0.604. The summed E-state index contributed by atoms with van der Waals surface area (Å²) < 4.78 is 39.4. The number of nitrogens with zero attached hydrogens (tertiary/aromatic N) is 2. The Balaban J connectivity index is 2.05. The minimum absolute atomic E-state index is 0.0989. The predicted octanol–water partition coefficient (Wildman–Crippen LogP) is 6.46. The Bertz CT molecular complexity index is 1040. The van der Waals surface area contributed by atoms with Crippen LogP contribution in [-0.2, 0) is 6.18 Å². The zero-order valence-electron chi connectivity index (χ0n) is 14.5. The van der Waals surface area contributed by atoms with Gasteiger partial charge in [0, 0.05) is 39.4 Å². The van der Waals surface area contributed by atoms with E-state index in [9.17, 15) is 18.0 Å². The first-order valence-corrected chi connectivity index (χ1v) is 9.20. The van der Waals surface area contributed by atoms with Crippen molar-refractivity contribution in [3.8, 4) is 11.1 Å². The number of carbonyl (C=O) groups is 1. The summed E-state index contributed by atoms with van der Waals surface area (Å²) in [7, 11) is 1.48. The minimum Gasteiger partial charge on any atom is -0.309 e. The fourth-order valence-corrected chi connectivity index (χ4v) is 3.47. The number of anilines is 1. The molecule has 144 valence electrons. The average molecular weight is 470 g/mol. The third-order valence-electron chi connectivity index (χ3n) is 4.10. The van der Waals surface area contributed by atoms with Gasteiger partial charge in [-0.15, -0.1) is 0 Å². The monoisotopic (exact) mass is 468 g/mol. The number of benzene rings is 2. The fraction of sp³-hybridized carbons (Fsp3) is 0.100. The van der Waals surface area contributed by atoms with Gasteiger partial charge in [0.05, 0.1) is 17.4 Å². The Morgan fingerprint density at radius 3 is 2.50 bits per heavy atom. The van der Waals surface area contributed by atoms with Gasteiger partial charge in [-0.3, -0.25) is 9.78 Å². The summed E-state index contributed by atoms with van der Waals surface area (Å²) in [4.78, 5) is 18.2. The molecular formula is C20H13BrClF3N2O. The number of hydrogen-bond acceptors (Lipinski definition) is 2. The Morgan fingerprint density at radius 2 is 1.82 bits per heavy atom. The molecule has 2 aromatic carbocycles. The quantitative estimate of drug-likeness (QED) is 0.441. The maximum Gasteiger partial charge on any atom is 0.416 e. The molecule has 0 saturated carbocycles. The lowest BCUT2D eigenvalue weighted by atomic mass is 10.0. The van der Waals surface area contributed by atoms with E-state index in [4.69, 9.17) is 11.6 Å². The predicted molar refractivity (Wildman–Crippen MR) is 107 cm³/mol. The van der Waals surface area contributed by atoms with Gasteiger partial charge in [-0.2, -0.15) is 13.2 Å². The topological polar surface area (TPSA) is 33.2 Å². The molecule has 0 aliphatic carbocycles. The van der Waals surface area contributed by atoms with Crippen molar-refractivity contribution in [2.75, 3.05) is 11.9 Å². The number of alkyl halides is 3. The number of halogens is 5. The third-order valence-corrected chi connectivity index (χ3v) is 4.89. The Hall–Kier alpha value is -2.38. The van der Waals surface area contributed by atoms with Gasteiger partial charge in [0.15, 0.2) is 0 Å². The number of aromatic nitrogens is 1. The summed E-state index contributed by atoms with van der Waals surface area (Å²) >= 11 is 9.31. The molecule has 0 fully saturated rings. The first-order chi connectivity index (χ1) is 13.2. The van der Waals surface area contributed by atoms with Crippen molar-refractivity contribution in [3.63, 3.8) is 0 Å². The normalized spacial score (nSPS) is 11.4. The molecule has 3 aromatic rings. The van der Waals surface area contributed by atoms with Gasteiger partial charge in [-0.05, 0) is 30.3 Å². The molecule has 0 bridgehead atoms. The molecule has 0 N–H and O–H groups in total. The lowest BCUT2D eigenvalue weighted by Gasteiger charge is -2.21. The van der Waals surface area contributed by atoms with Gasteiger partial charge in [0.1, 0.15) is 0 Å². The molecule has 0 unspecified atom stereocenters. The Kier molecular flexibility index (Phi) is 5.76. The summed E-state index contributed by atoms with van der Waals surface area (Å²) in [6.07, 6.45) is -1.53. The SMILES string of the molecule is CN(C(=O)c1cc(Br)cc(C(F)(F)F)c1)c1cnccc1-c1ccccc1Cl. The van der Waals surface area contributed by atoms with Crippen molar-refractivity contribution in [3.05, 3.63) is 81.5 Å². The van der Waals surface area contributed by atoms with E-state index < -0.39 is 17.6 Å². The van der Waals surface area contributed by atoms with Gasteiger partial charge in [-0.1, -0.05) is 45.7 Å². The van der Waals surface area contributed by atoms with Crippen molar-refractivity contribution in [1.29, 1.82) is 0 Å². The smallest absolute Gasteiger partial charge is 0.309 e. The van der Waals surface area contributed by atoms with Crippen LogP contribution in [0.1, 0.15) is 15.9 Å². The van der Waals surface area contributed by atoms with Crippen LogP contribution in [0.5, 0.6) is 0 Å². The Morgan fingerprint density at radius 1 is 1.11 bits per heavy atom. The number of amides is 1. The van der Waals surface area contributed by atoms with E-state index in [2.05, 4.69) is 20.9 Å². The zero-order valence-corrected chi connectivity index (χ0v) is 16.8. The zero-order chi connectivity index (χ0) is 20.5. The molecule has 1 amide bonds. The largest absolute Gasteiger partial charge is 0.416 e. The highest BCUT2D eigenvalue weighted by Gasteiger charge is 2.32. The van der Waals surface area contributed by atoms with Gasteiger partial charge in [-0.25, -0.2) is 0 Å². The molecule has 1 aromatic heterocycles. The molecule has 0 saturated heterocycles. The van der Waals surface area contributed by atoms with E-state index >= 15 is 0 Å². The number of rotatable bonds is 3. The number of hydrogen-bond donors (Lipinski definition) is 0. The van der Waals surface area contributed by atoms with E-state index in [1.54, 1.807) is 36.5 Å². The van der Waals surface area contributed by atoms with Crippen LogP contribution in [-0.4, -0.2) is 17.9 Å². The lowest BCUT2D eigenvalue weighted by Crippen LogP contribution is -2.27. The van der Waals surface area contributed by atoms with Gasteiger partial charge < -0.3 is 4.90 Å². The lowest BCUT2D eigenvalue weighted by molar-refractivity contribution is -0.137. The standard InChI is InChI=1S/C20H13BrClF3N2O/c1-27(19(28)12-8-13(20(23,24)25)10-14(21)9-12)18-11-26-7-6-16(18)15-4-2-3-5-17(15)22/h2-11H,1H3. The summed E-state index contributed by atoms with van der Waals surface area (Å²) in [6, 6.07) is 11.9. The van der Waals surface area contributed by atoms with E-state index in [-0.39, 0.29) is 10.0 Å². The van der Waals surface area contributed by atoms with E-state index in [1.807, 2.05) is 0 Å². The average Bonchev–Trinajstić information content (AvgIpc) is 2.66. The van der Waals surface area contributed by atoms with Crippen LogP contribution in [0.3, 0.4) is 0 Å². The third kappa shape index (κ3) is 4.20. The molecule has 0 aliphatic heterocycles. The van der Waals surface area contributed by atoms with Crippen LogP contribution in [0.15, 0.2) is 65.4 Å². The van der Waals surface area contributed by atoms with Crippen LogP contribution in [0, 0.1) is 0 Å². The second-order valence-electron chi connectivity index (χ2n) is 5.96. The summed E-state index contributed by atoms with van der Waals surface area (Å²) in [5, 5.41) is 0.484. The first-order valence-electron chi connectivity index (χ1n) is 8.03. The molecule has 3 rings (SSSR count). The molecule has 3 nitrogen and oxygen atoms in total. The van der Waals surface area contributed by atoms with E-state index in [0.717, 1.165) is 12.1 Å². The van der Waals surface area contributed by atoms with Gasteiger partial charge >= 0.3 is 6.18 Å². The van der Waals surface area contributed by atoms with Crippen molar-refractivity contribution in [1.82, 2.24) is 4.98 Å². The number of pyridine rings is 1. The van der Waals surface area contributed by atoms with Gasteiger partial charge in [0.25, 0.3) is 5.91 Å². The molecular weight excluding hydrogens is 457 g/mol. The van der Waals surface area contributed by atoms with E-state index in [1.165, 1.54) is 24.2 Å². The summed E-state index contributed by atoms with van der Waals surface area (Å²) in [5.41, 5.74) is 0.748. The van der Waals surface area contributed by atoms with Crippen LogP contribution >= 0.6 is 27.5 Å². The first kappa shape index (κ1) is 20.4. The molecule has 0 atom stereocenters. The molecule has 8 heteroatoms. The summed E-state index contributed by atoms with van der Waals surface area (Å²) in [6.45, 7) is 0. The molecule has 0 radical (unpaired) electrons. The van der Waals surface area contributed by atoms with Crippen molar-refractivity contribution in [2.24, 2.45) is 0 Å². The fourth-order valence-electron chi connectivity index (χ4n) is 2.74. The van der Waals surface area contributed by atoms with Crippen molar-refractivity contribution >= 4 is 39.1 Å². The second-order valence-corrected chi connectivity index (χ2v) is 7.29. The highest BCUT2D eigenvalue weighted by Crippen LogP contribution is 2.36. The Labute approximate surface area is 172 Å². The van der Waals surface area contributed by atoms with Crippen molar-refractivity contribution in [2.45, 2.75) is 6.18 Å². The molecule has 0 aliphatic rings. The van der Waals surface area contributed by atoms with Gasteiger partial charge in [0.2, 0.25) is 0 Å².